The van der Waals surface area contributed by atoms with Crippen molar-refractivity contribution in [2.24, 2.45) is 0 Å². The number of carbonyl (C=O) groups excluding carboxylic acids is 1. The van der Waals surface area contributed by atoms with Crippen molar-refractivity contribution in [1.29, 1.82) is 0 Å². The van der Waals surface area contributed by atoms with Crippen LogP contribution in [0, 0.1) is 24.0 Å². The molecule has 20 heavy (non-hydrogen) atoms. The number of nitrogens with zero attached hydrogens (tertiary/aromatic N) is 4. The average molecular weight is 275 g/mol. The summed E-state index contributed by atoms with van der Waals surface area (Å²) in [6.07, 6.45) is 1.56. The minimum Gasteiger partial charge on any atom is -0.324 e. The Morgan fingerprint density at radius 3 is 2.75 bits per heavy atom. The zero-order valence-corrected chi connectivity index (χ0v) is 11.0. The Balaban J connectivity index is 2.07. The van der Waals surface area contributed by atoms with Gasteiger partial charge in [0.05, 0.1) is 16.8 Å². The van der Waals surface area contributed by atoms with Crippen LogP contribution in [0.1, 0.15) is 11.3 Å². The Hall–Kier alpha value is -2.77. The fourth-order valence-corrected chi connectivity index (χ4v) is 1.74. The van der Waals surface area contributed by atoms with E-state index >= 15 is 0 Å². The number of hydrogen-bond acceptors (Lipinski definition) is 5. The Labute approximate surface area is 114 Å². The summed E-state index contributed by atoms with van der Waals surface area (Å²) in [5.41, 5.74) is 1.80. The van der Waals surface area contributed by atoms with Crippen molar-refractivity contribution < 1.29 is 9.72 Å². The average Bonchev–Trinajstić information content (AvgIpc) is 2.74. The van der Waals surface area contributed by atoms with Gasteiger partial charge in [-0.25, -0.2) is 4.68 Å². The third-order valence-corrected chi connectivity index (χ3v) is 2.78. The predicted octanol–water partition coefficient (Wildman–Crippen LogP) is 1.44. The van der Waals surface area contributed by atoms with Crippen LogP contribution in [0.4, 0.5) is 11.4 Å². The molecule has 0 radical (unpaired) electrons. The van der Waals surface area contributed by atoms with Gasteiger partial charge in [-0.15, -0.1) is 5.10 Å². The van der Waals surface area contributed by atoms with Gasteiger partial charge in [-0.05, 0) is 26.0 Å². The van der Waals surface area contributed by atoms with Crippen LogP contribution in [-0.2, 0) is 11.3 Å². The highest BCUT2D eigenvalue weighted by molar-refractivity contribution is 5.90. The first-order chi connectivity index (χ1) is 9.47. The molecule has 2 aromatic rings. The summed E-state index contributed by atoms with van der Waals surface area (Å²) < 4.78 is 1.47. The van der Waals surface area contributed by atoms with Gasteiger partial charge >= 0.3 is 0 Å². The molecule has 1 N–H and O–H groups in total. The number of aromatic nitrogens is 3. The number of hydrogen-bond donors (Lipinski definition) is 1. The smallest absolute Gasteiger partial charge is 0.272 e. The van der Waals surface area contributed by atoms with E-state index in [9.17, 15) is 14.9 Å². The van der Waals surface area contributed by atoms with Crippen molar-refractivity contribution in [2.45, 2.75) is 20.4 Å². The fraction of sp³-hybridized carbons (Fsp3) is 0.250. The highest BCUT2D eigenvalue weighted by Gasteiger charge is 2.12. The Morgan fingerprint density at radius 1 is 1.45 bits per heavy atom. The third-order valence-electron chi connectivity index (χ3n) is 2.78. The molecule has 0 atom stereocenters. The second kappa shape index (κ2) is 5.47. The van der Waals surface area contributed by atoms with Crippen molar-refractivity contribution in [3.8, 4) is 0 Å². The van der Waals surface area contributed by atoms with E-state index in [0.717, 1.165) is 5.69 Å². The van der Waals surface area contributed by atoms with Crippen molar-refractivity contribution in [1.82, 2.24) is 15.0 Å². The molecule has 0 bridgehead atoms. The van der Waals surface area contributed by atoms with Crippen LogP contribution >= 0.6 is 0 Å². The van der Waals surface area contributed by atoms with Crippen LogP contribution in [0.2, 0.25) is 0 Å². The third kappa shape index (κ3) is 2.97. The van der Waals surface area contributed by atoms with Crippen molar-refractivity contribution in [3.63, 3.8) is 0 Å². The minimum atomic E-state index is -0.459. The molecule has 1 aromatic heterocycles. The van der Waals surface area contributed by atoms with E-state index in [4.69, 9.17) is 0 Å². The topological polar surface area (TPSA) is 103 Å². The van der Waals surface area contributed by atoms with Crippen molar-refractivity contribution >= 4 is 17.3 Å². The summed E-state index contributed by atoms with van der Waals surface area (Å²) >= 11 is 0. The lowest BCUT2D eigenvalue weighted by molar-refractivity contribution is -0.385. The molecule has 8 heteroatoms. The molecular weight excluding hydrogens is 262 g/mol. The molecule has 2 rings (SSSR count). The SMILES string of the molecule is Cc1cc(NC(=O)Cn2nncc2C)ccc1[N+](=O)[O-]. The second-order valence-electron chi connectivity index (χ2n) is 4.34. The quantitative estimate of drug-likeness (QED) is 0.671. The molecule has 1 aromatic carbocycles. The normalized spacial score (nSPS) is 10.3. The van der Waals surface area contributed by atoms with Crippen molar-refractivity contribution in [3.05, 3.63) is 45.8 Å². The number of benzene rings is 1. The first-order valence-corrected chi connectivity index (χ1v) is 5.87. The molecule has 0 saturated carbocycles. The maximum absolute atomic E-state index is 11.8. The molecule has 0 saturated heterocycles. The van der Waals surface area contributed by atoms with Gasteiger partial charge in [0, 0.05) is 17.3 Å². The molecule has 0 aliphatic rings. The summed E-state index contributed by atoms with van der Waals surface area (Å²) in [4.78, 5) is 22.1. The molecular formula is C12H13N5O3. The number of rotatable bonds is 4. The molecule has 0 fully saturated rings. The standard InChI is InChI=1S/C12H13N5O3/c1-8-5-10(3-4-11(8)17(19)20)14-12(18)7-16-9(2)6-13-15-16/h3-6H,7H2,1-2H3,(H,14,18). The lowest BCUT2D eigenvalue weighted by Crippen LogP contribution is -2.20. The zero-order chi connectivity index (χ0) is 14.7. The van der Waals surface area contributed by atoms with Crippen LogP contribution < -0.4 is 5.32 Å². The maximum Gasteiger partial charge on any atom is 0.272 e. The number of carbonyl (C=O) groups is 1. The first-order valence-electron chi connectivity index (χ1n) is 5.87. The highest BCUT2D eigenvalue weighted by Crippen LogP contribution is 2.21. The van der Waals surface area contributed by atoms with Crippen LogP contribution in [0.5, 0.6) is 0 Å². The highest BCUT2D eigenvalue weighted by atomic mass is 16.6. The molecule has 8 nitrogen and oxygen atoms in total. The van der Waals surface area contributed by atoms with Crippen LogP contribution in [0.3, 0.4) is 0 Å². The van der Waals surface area contributed by atoms with E-state index in [1.165, 1.54) is 16.8 Å². The summed E-state index contributed by atoms with van der Waals surface area (Å²) in [7, 11) is 0. The van der Waals surface area contributed by atoms with Gasteiger partial charge < -0.3 is 5.32 Å². The molecule has 0 spiro atoms. The second-order valence-corrected chi connectivity index (χ2v) is 4.34. The van der Waals surface area contributed by atoms with E-state index in [1.54, 1.807) is 26.1 Å². The van der Waals surface area contributed by atoms with E-state index in [1.807, 2.05) is 0 Å². The summed E-state index contributed by atoms with van der Waals surface area (Å²) in [6.45, 7) is 3.46. The van der Waals surface area contributed by atoms with Gasteiger partial charge in [0.1, 0.15) is 6.54 Å². The largest absolute Gasteiger partial charge is 0.324 e. The van der Waals surface area contributed by atoms with E-state index < -0.39 is 4.92 Å². The van der Waals surface area contributed by atoms with Crippen LogP contribution in [0.25, 0.3) is 0 Å². The van der Waals surface area contributed by atoms with Gasteiger partial charge in [-0.1, -0.05) is 5.21 Å². The van der Waals surface area contributed by atoms with E-state index in [2.05, 4.69) is 15.6 Å². The molecule has 1 heterocycles. The van der Waals surface area contributed by atoms with Gasteiger partial charge in [0.2, 0.25) is 5.91 Å². The predicted molar refractivity (Wildman–Crippen MR) is 71.2 cm³/mol. The summed E-state index contributed by atoms with van der Waals surface area (Å²) in [5, 5.41) is 20.8. The number of nitro benzene ring substituents is 1. The number of aryl methyl sites for hydroxylation is 2. The van der Waals surface area contributed by atoms with Crippen molar-refractivity contribution in [2.75, 3.05) is 5.32 Å². The van der Waals surface area contributed by atoms with Crippen LogP contribution in [-0.4, -0.2) is 25.8 Å². The van der Waals surface area contributed by atoms with E-state index in [-0.39, 0.29) is 18.1 Å². The zero-order valence-electron chi connectivity index (χ0n) is 11.0. The van der Waals surface area contributed by atoms with E-state index in [0.29, 0.717) is 11.3 Å². The summed E-state index contributed by atoms with van der Waals surface area (Å²) in [5.74, 6) is -0.271. The van der Waals surface area contributed by atoms with Gasteiger partial charge in [0.25, 0.3) is 5.69 Å². The van der Waals surface area contributed by atoms with Gasteiger partial charge in [-0.2, -0.15) is 0 Å². The molecule has 0 aliphatic carbocycles. The van der Waals surface area contributed by atoms with Gasteiger partial charge in [-0.3, -0.25) is 14.9 Å². The van der Waals surface area contributed by atoms with Crippen LogP contribution in [0.15, 0.2) is 24.4 Å². The summed E-state index contributed by atoms with van der Waals surface area (Å²) in [6, 6.07) is 4.42. The lowest BCUT2D eigenvalue weighted by atomic mass is 10.2. The van der Waals surface area contributed by atoms with Gasteiger partial charge in [0.15, 0.2) is 0 Å². The Bertz CT molecular complexity index is 665. The maximum atomic E-state index is 11.8. The number of amides is 1. The monoisotopic (exact) mass is 275 g/mol. The fourth-order valence-electron chi connectivity index (χ4n) is 1.74. The molecule has 0 aliphatic heterocycles. The first kappa shape index (κ1) is 13.7. The Morgan fingerprint density at radius 2 is 2.20 bits per heavy atom. The number of nitrogens with one attached hydrogen (secondary N) is 1. The minimum absolute atomic E-state index is 0.0233. The number of nitro groups is 1. The molecule has 104 valence electrons. The number of anilines is 1. The Kier molecular flexibility index (Phi) is 3.74. The molecule has 1 amide bonds. The lowest BCUT2D eigenvalue weighted by Gasteiger charge is -2.07. The molecule has 0 unspecified atom stereocenters.